The summed E-state index contributed by atoms with van der Waals surface area (Å²) in [5.74, 6) is 3.30. The van der Waals surface area contributed by atoms with E-state index in [9.17, 15) is 0 Å². The summed E-state index contributed by atoms with van der Waals surface area (Å²) in [4.78, 5) is 2.75. The van der Waals surface area contributed by atoms with Crippen molar-refractivity contribution in [2.45, 2.75) is 51.6 Å². The quantitative estimate of drug-likeness (QED) is 0.598. The topological polar surface area (TPSA) is 3.24 Å². The van der Waals surface area contributed by atoms with Gasteiger partial charge in [-0.2, -0.15) is 0 Å². The number of rotatable bonds is 1. The molecule has 2 unspecified atom stereocenters. The molecule has 3 saturated carbocycles. The summed E-state index contributed by atoms with van der Waals surface area (Å²) in [6.45, 7) is 6.14. The van der Waals surface area contributed by atoms with Crippen molar-refractivity contribution >= 4 is 0 Å². The Morgan fingerprint density at radius 3 is 2.15 bits per heavy atom. The maximum atomic E-state index is 2.75. The molecule has 4 aliphatic rings. The van der Waals surface area contributed by atoms with Gasteiger partial charge in [-0.1, -0.05) is 0 Å². The molecule has 0 aromatic heterocycles. The second-order valence-corrected chi connectivity index (χ2v) is 5.62. The molecule has 0 radical (unpaired) electrons. The third kappa shape index (κ3) is 1.03. The molecule has 0 aromatic carbocycles. The van der Waals surface area contributed by atoms with Gasteiger partial charge in [0.2, 0.25) is 0 Å². The molecule has 2 atom stereocenters. The predicted molar refractivity (Wildman–Crippen MR) is 54.6 cm³/mol. The molecule has 0 spiro atoms. The fourth-order valence-electron chi connectivity index (χ4n) is 4.10. The first-order valence-electron chi connectivity index (χ1n) is 6.03. The van der Waals surface area contributed by atoms with Crippen LogP contribution in [0.15, 0.2) is 0 Å². The van der Waals surface area contributed by atoms with Crippen molar-refractivity contribution in [3.63, 3.8) is 0 Å². The van der Waals surface area contributed by atoms with E-state index < -0.39 is 0 Å². The zero-order chi connectivity index (χ0) is 9.00. The molecule has 1 nitrogen and oxygen atoms in total. The minimum absolute atomic E-state index is 0.792. The van der Waals surface area contributed by atoms with Gasteiger partial charge in [-0.15, -0.1) is 0 Å². The van der Waals surface area contributed by atoms with Gasteiger partial charge in [-0.25, -0.2) is 0 Å². The number of likely N-dealkylation sites (tertiary alicyclic amines) is 1. The van der Waals surface area contributed by atoms with Gasteiger partial charge >= 0.3 is 0 Å². The van der Waals surface area contributed by atoms with E-state index in [4.69, 9.17) is 0 Å². The smallest absolute Gasteiger partial charge is 0.0169 e. The fourth-order valence-corrected chi connectivity index (χ4v) is 4.10. The number of hydrogen-bond acceptors (Lipinski definition) is 1. The Hall–Kier alpha value is -0.0400. The van der Waals surface area contributed by atoms with Crippen molar-refractivity contribution < 1.29 is 0 Å². The lowest BCUT2D eigenvalue weighted by Crippen LogP contribution is -2.67. The molecule has 0 aromatic rings. The average molecular weight is 179 g/mol. The molecular weight excluding hydrogens is 158 g/mol. The molecule has 1 heterocycles. The molecule has 3 aliphatic carbocycles. The first-order valence-corrected chi connectivity index (χ1v) is 6.03. The molecule has 74 valence electrons. The van der Waals surface area contributed by atoms with Crippen LogP contribution in [0.1, 0.15) is 39.5 Å². The highest BCUT2D eigenvalue weighted by Crippen LogP contribution is 2.52. The monoisotopic (exact) mass is 179 g/mol. The summed E-state index contributed by atoms with van der Waals surface area (Å²) in [5, 5.41) is 0. The third-order valence-corrected chi connectivity index (χ3v) is 4.81. The van der Waals surface area contributed by atoms with Crippen LogP contribution >= 0.6 is 0 Å². The number of hydrogen-bond donors (Lipinski definition) is 0. The second kappa shape index (κ2) is 2.73. The van der Waals surface area contributed by atoms with Gasteiger partial charge in [0.1, 0.15) is 0 Å². The lowest BCUT2D eigenvalue weighted by atomic mass is 9.57. The maximum absolute atomic E-state index is 2.75. The van der Waals surface area contributed by atoms with Crippen LogP contribution in [0.4, 0.5) is 0 Å². The van der Waals surface area contributed by atoms with E-state index in [1.165, 1.54) is 19.4 Å². The van der Waals surface area contributed by atoms with Gasteiger partial charge in [0.15, 0.2) is 0 Å². The van der Waals surface area contributed by atoms with Crippen molar-refractivity contribution in [2.24, 2.45) is 17.8 Å². The largest absolute Gasteiger partial charge is 0.297 e. The maximum Gasteiger partial charge on any atom is 0.0169 e. The number of nitrogens with zero attached hydrogens (tertiary/aromatic N) is 1. The Kier molecular flexibility index (Phi) is 1.74. The molecule has 0 N–H and O–H groups in total. The van der Waals surface area contributed by atoms with Crippen molar-refractivity contribution in [1.82, 2.24) is 4.90 Å². The molecule has 1 saturated heterocycles. The van der Waals surface area contributed by atoms with Gasteiger partial charge in [0.25, 0.3) is 0 Å². The van der Waals surface area contributed by atoms with Gasteiger partial charge in [-0.3, -0.25) is 4.90 Å². The highest BCUT2D eigenvalue weighted by molar-refractivity contribution is 5.06. The van der Waals surface area contributed by atoms with Crippen molar-refractivity contribution in [3.8, 4) is 0 Å². The zero-order valence-electron chi connectivity index (χ0n) is 8.87. The fraction of sp³-hybridized carbons (Fsp3) is 1.00. The van der Waals surface area contributed by atoms with Gasteiger partial charge in [-0.05, 0) is 57.3 Å². The van der Waals surface area contributed by atoms with E-state index in [1.54, 1.807) is 12.8 Å². The minimum Gasteiger partial charge on any atom is -0.297 e. The van der Waals surface area contributed by atoms with E-state index in [2.05, 4.69) is 18.7 Å². The summed E-state index contributed by atoms with van der Waals surface area (Å²) < 4.78 is 0. The highest BCUT2D eigenvalue weighted by Gasteiger charge is 2.53. The summed E-state index contributed by atoms with van der Waals surface area (Å²) in [7, 11) is 0. The summed E-state index contributed by atoms with van der Waals surface area (Å²) in [5.41, 5.74) is 0. The van der Waals surface area contributed by atoms with Crippen molar-refractivity contribution in [2.75, 3.05) is 6.54 Å². The van der Waals surface area contributed by atoms with E-state index in [1.807, 2.05) is 0 Å². The number of fused-ring (bicyclic) bond motifs is 2. The van der Waals surface area contributed by atoms with Gasteiger partial charge in [0.05, 0.1) is 0 Å². The molecule has 13 heavy (non-hydrogen) atoms. The summed E-state index contributed by atoms with van der Waals surface area (Å²) in [6.07, 6.45) is 6.18. The van der Waals surface area contributed by atoms with E-state index in [-0.39, 0.29) is 0 Å². The Bertz CT molecular complexity index is 196. The van der Waals surface area contributed by atoms with Crippen LogP contribution in [0, 0.1) is 17.8 Å². The van der Waals surface area contributed by atoms with E-state index in [0.717, 1.165) is 29.8 Å². The van der Waals surface area contributed by atoms with Crippen molar-refractivity contribution in [3.05, 3.63) is 0 Å². The molecule has 4 fully saturated rings. The van der Waals surface area contributed by atoms with E-state index >= 15 is 0 Å². The minimum atomic E-state index is 0.792. The average Bonchev–Trinajstić information content (AvgIpc) is 2.04. The molecule has 2 bridgehead atoms. The Morgan fingerprint density at radius 2 is 1.62 bits per heavy atom. The second-order valence-electron chi connectivity index (χ2n) is 5.62. The first kappa shape index (κ1) is 8.28. The Labute approximate surface area is 81.5 Å². The van der Waals surface area contributed by atoms with Crippen LogP contribution in [0.5, 0.6) is 0 Å². The van der Waals surface area contributed by atoms with Crippen molar-refractivity contribution in [1.29, 1.82) is 0 Å². The summed E-state index contributed by atoms with van der Waals surface area (Å²) in [6, 6.07) is 1.80. The lowest BCUT2D eigenvalue weighted by molar-refractivity contribution is -0.129. The van der Waals surface area contributed by atoms with Crippen LogP contribution < -0.4 is 0 Å². The third-order valence-electron chi connectivity index (χ3n) is 4.81. The van der Waals surface area contributed by atoms with Crippen LogP contribution in [0.3, 0.4) is 0 Å². The van der Waals surface area contributed by atoms with Crippen LogP contribution in [-0.4, -0.2) is 23.5 Å². The van der Waals surface area contributed by atoms with E-state index in [0.29, 0.717) is 0 Å². The summed E-state index contributed by atoms with van der Waals surface area (Å²) >= 11 is 0. The highest BCUT2D eigenvalue weighted by atomic mass is 15.3. The SMILES string of the molecule is CC(C)N1CC2C3CCC(CC3)C21. The standard InChI is InChI=1S/C12H21N/c1-8(2)13-7-11-9-3-5-10(6-4-9)12(11)13/h8-12H,3-7H2,1-2H3. The zero-order valence-corrected chi connectivity index (χ0v) is 8.87. The molecule has 1 aliphatic heterocycles. The van der Waals surface area contributed by atoms with Crippen LogP contribution in [0.2, 0.25) is 0 Å². The molecular formula is C12H21N. The van der Waals surface area contributed by atoms with Gasteiger partial charge in [0, 0.05) is 18.6 Å². The molecule has 0 amide bonds. The molecule has 1 heteroatoms. The first-order chi connectivity index (χ1) is 6.27. The van der Waals surface area contributed by atoms with Crippen LogP contribution in [0.25, 0.3) is 0 Å². The van der Waals surface area contributed by atoms with Crippen LogP contribution in [-0.2, 0) is 0 Å². The molecule has 4 rings (SSSR count). The Balaban J connectivity index is 1.78. The normalized spacial score (nSPS) is 49.2. The Morgan fingerprint density at radius 1 is 1.00 bits per heavy atom. The lowest BCUT2D eigenvalue weighted by Gasteiger charge is -2.62. The van der Waals surface area contributed by atoms with Gasteiger partial charge < -0.3 is 0 Å². The predicted octanol–water partition coefficient (Wildman–Crippen LogP) is 2.52.